The van der Waals surface area contributed by atoms with Gasteiger partial charge in [-0.2, -0.15) is 0 Å². The van der Waals surface area contributed by atoms with Crippen molar-refractivity contribution in [1.82, 2.24) is 4.90 Å². The van der Waals surface area contributed by atoms with Gasteiger partial charge in [-0.15, -0.1) is 0 Å². The third-order valence-corrected chi connectivity index (χ3v) is 2.60. The van der Waals surface area contributed by atoms with E-state index in [0.717, 1.165) is 15.6 Å². The molecule has 1 aromatic carbocycles. The highest BCUT2D eigenvalue weighted by atomic mass is 79.9. The Bertz CT molecular complexity index is 406. The van der Waals surface area contributed by atoms with Crippen molar-refractivity contribution in [3.63, 3.8) is 0 Å². The highest BCUT2D eigenvalue weighted by Crippen LogP contribution is 2.16. The highest BCUT2D eigenvalue weighted by molar-refractivity contribution is 9.10. The zero-order valence-corrected chi connectivity index (χ0v) is 11.5. The van der Waals surface area contributed by atoms with Gasteiger partial charge < -0.3 is 4.90 Å². The maximum atomic E-state index is 12.0. The molecule has 1 rings (SSSR count). The fourth-order valence-corrected chi connectivity index (χ4v) is 2.16. The van der Waals surface area contributed by atoms with E-state index in [0.29, 0.717) is 12.1 Å². The Morgan fingerprint density at radius 2 is 2.06 bits per heavy atom. The molecular formula is C13H16BrNO. The molecule has 0 atom stereocenters. The van der Waals surface area contributed by atoms with E-state index in [1.54, 1.807) is 11.9 Å². The third-order valence-electron chi connectivity index (χ3n) is 2.14. The molecule has 1 aromatic rings. The van der Waals surface area contributed by atoms with E-state index in [-0.39, 0.29) is 5.91 Å². The summed E-state index contributed by atoms with van der Waals surface area (Å²) in [7, 11) is 1.78. The lowest BCUT2D eigenvalue weighted by Crippen LogP contribution is -2.28. The van der Waals surface area contributed by atoms with E-state index in [2.05, 4.69) is 22.5 Å². The van der Waals surface area contributed by atoms with Crippen molar-refractivity contribution in [2.45, 2.75) is 13.8 Å². The van der Waals surface area contributed by atoms with Gasteiger partial charge in [0.15, 0.2) is 0 Å². The number of rotatable bonds is 3. The molecular weight excluding hydrogens is 266 g/mol. The van der Waals surface area contributed by atoms with Crippen LogP contribution in [0.5, 0.6) is 0 Å². The van der Waals surface area contributed by atoms with Crippen molar-refractivity contribution in [3.05, 3.63) is 46.0 Å². The first-order chi connectivity index (χ1) is 7.40. The molecule has 0 radical (unpaired) electrons. The number of benzene rings is 1. The number of hydrogen-bond acceptors (Lipinski definition) is 1. The van der Waals surface area contributed by atoms with E-state index >= 15 is 0 Å². The summed E-state index contributed by atoms with van der Waals surface area (Å²) in [6.07, 6.45) is 0. The van der Waals surface area contributed by atoms with Crippen LogP contribution in [0, 0.1) is 6.92 Å². The summed E-state index contributed by atoms with van der Waals surface area (Å²) < 4.78 is 0.930. The Morgan fingerprint density at radius 3 is 2.56 bits per heavy atom. The number of likely N-dealkylation sites (N-methyl/N-ethyl adjacent to an activating group) is 1. The molecule has 86 valence electrons. The fourth-order valence-electron chi connectivity index (χ4n) is 1.56. The predicted octanol–water partition coefficient (Wildman–Crippen LogP) is 3.41. The average Bonchev–Trinajstić information content (AvgIpc) is 2.13. The first-order valence-corrected chi connectivity index (χ1v) is 5.86. The highest BCUT2D eigenvalue weighted by Gasteiger charge is 2.12. The smallest absolute Gasteiger partial charge is 0.253 e. The van der Waals surface area contributed by atoms with Gasteiger partial charge in [-0.3, -0.25) is 4.79 Å². The number of aryl methyl sites for hydroxylation is 1. The van der Waals surface area contributed by atoms with Crippen LogP contribution >= 0.6 is 15.9 Å². The van der Waals surface area contributed by atoms with Crippen molar-refractivity contribution in [3.8, 4) is 0 Å². The van der Waals surface area contributed by atoms with Gasteiger partial charge in [0, 0.05) is 23.6 Å². The van der Waals surface area contributed by atoms with E-state index < -0.39 is 0 Å². The van der Waals surface area contributed by atoms with Crippen molar-refractivity contribution in [1.29, 1.82) is 0 Å². The number of carbonyl (C=O) groups excluding carboxylic acids is 1. The Labute approximate surface area is 105 Å². The van der Waals surface area contributed by atoms with Crippen LogP contribution in [0.4, 0.5) is 0 Å². The molecule has 16 heavy (non-hydrogen) atoms. The van der Waals surface area contributed by atoms with Crippen LogP contribution in [0.25, 0.3) is 0 Å². The molecule has 0 aromatic heterocycles. The molecule has 0 aliphatic heterocycles. The van der Waals surface area contributed by atoms with Crippen molar-refractivity contribution in [2.24, 2.45) is 0 Å². The third kappa shape index (κ3) is 3.49. The second-order valence-corrected chi connectivity index (χ2v) is 5.05. The summed E-state index contributed by atoms with van der Waals surface area (Å²) in [5, 5.41) is 0. The van der Waals surface area contributed by atoms with Gasteiger partial charge in [0.05, 0.1) is 0 Å². The quantitative estimate of drug-likeness (QED) is 0.778. The van der Waals surface area contributed by atoms with Crippen LogP contribution in [-0.4, -0.2) is 24.4 Å². The van der Waals surface area contributed by atoms with Gasteiger partial charge in [0.2, 0.25) is 0 Å². The molecule has 0 fully saturated rings. The molecule has 0 N–H and O–H groups in total. The number of hydrogen-bond donors (Lipinski definition) is 0. The Hall–Kier alpha value is -1.09. The maximum Gasteiger partial charge on any atom is 0.253 e. The van der Waals surface area contributed by atoms with Crippen molar-refractivity contribution in [2.75, 3.05) is 13.6 Å². The molecule has 0 aliphatic rings. The first-order valence-electron chi connectivity index (χ1n) is 5.07. The number of halogens is 1. The van der Waals surface area contributed by atoms with Gasteiger partial charge >= 0.3 is 0 Å². The number of carbonyl (C=O) groups is 1. The van der Waals surface area contributed by atoms with Crippen molar-refractivity contribution >= 4 is 21.8 Å². The first kappa shape index (κ1) is 13.0. The zero-order chi connectivity index (χ0) is 12.3. The van der Waals surface area contributed by atoms with E-state index in [4.69, 9.17) is 0 Å². The standard InChI is InChI=1S/C13H16BrNO/c1-9(2)8-15(4)13(16)11-5-10(3)6-12(14)7-11/h5-7H,1,8H2,2-4H3. The molecule has 1 amide bonds. The minimum absolute atomic E-state index is 0.0207. The van der Waals surface area contributed by atoms with Gasteiger partial charge in [-0.1, -0.05) is 28.1 Å². The Kier molecular flexibility index (Phi) is 4.30. The lowest BCUT2D eigenvalue weighted by molar-refractivity contribution is 0.0807. The Balaban J connectivity index is 2.91. The minimum Gasteiger partial charge on any atom is -0.338 e. The van der Waals surface area contributed by atoms with Gasteiger partial charge in [0.25, 0.3) is 5.91 Å². The van der Waals surface area contributed by atoms with Crippen LogP contribution in [0.3, 0.4) is 0 Å². The largest absolute Gasteiger partial charge is 0.338 e. The van der Waals surface area contributed by atoms with Crippen LogP contribution in [0.1, 0.15) is 22.8 Å². The minimum atomic E-state index is 0.0207. The lowest BCUT2D eigenvalue weighted by Gasteiger charge is -2.17. The summed E-state index contributed by atoms with van der Waals surface area (Å²) >= 11 is 3.39. The molecule has 0 saturated heterocycles. The molecule has 0 unspecified atom stereocenters. The van der Waals surface area contributed by atoms with Crippen LogP contribution in [0.15, 0.2) is 34.8 Å². The van der Waals surface area contributed by atoms with E-state index in [1.807, 2.05) is 32.0 Å². The number of amides is 1. The summed E-state index contributed by atoms with van der Waals surface area (Å²) in [5.41, 5.74) is 2.75. The molecule has 0 heterocycles. The lowest BCUT2D eigenvalue weighted by atomic mass is 10.1. The van der Waals surface area contributed by atoms with Gasteiger partial charge in [0.1, 0.15) is 0 Å². The molecule has 2 nitrogen and oxygen atoms in total. The SMILES string of the molecule is C=C(C)CN(C)C(=O)c1cc(C)cc(Br)c1. The van der Waals surface area contributed by atoms with E-state index in [9.17, 15) is 4.79 Å². The maximum absolute atomic E-state index is 12.0. The summed E-state index contributed by atoms with van der Waals surface area (Å²) in [5.74, 6) is 0.0207. The predicted molar refractivity (Wildman–Crippen MR) is 70.7 cm³/mol. The second kappa shape index (κ2) is 5.30. The van der Waals surface area contributed by atoms with Crippen molar-refractivity contribution < 1.29 is 4.79 Å². The number of nitrogens with zero attached hydrogens (tertiary/aromatic N) is 1. The molecule has 0 bridgehead atoms. The molecule has 0 aliphatic carbocycles. The van der Waals surface area contributed by atoms with Crippen LogP contribution < -0.4 is 0 Å². The second-order valence-electron chi connectivity index (χ2n) is 4.14. The zero-order valence-electron chi connectivity index (χ0n) is 9.88. The average molecular weight is 282 g/mol. The molecule has 0 spiro atoms. The normalized spacial score (nSPS) is 10.0. The van der Waals surface area contributed by atoms with Gasteiger partial charge in [-0.05, 0) is 37.6 Å². The summed E-state index contributed by atoms with van der Waals surface area (Å²) in [6, 6.07) is 5.71. The topological polar surface area (TPSA) is 20.3 Å². The van der Waals surface area contributed by atoms with Gasteiger partial charge in [-0.25, -0.2) is 0 Å². The monoisotopic (exact) mass is 281 g/mol. The summed E-state index contributed by atoms with van der Waals surface area (Å²) in [6.45, 7) is 8.28. The molecule has 0 saturated carbocycles. The fraction of sp³-hybridized carbons (Fsp3) is 0.308. The van der Waals surface area contributed by atoms with Crippen LogP contribution in [0.2, 0.25) is 0 Å². The summed E-state index contributed by atoms with van der Waals surface area (Å²) in [4.78, 5) is 13.7. The van der Waals surface area contributed by atoms with E-state index in [1.165, 1.54) is 0 Å². The Morgan fingerprint density at radius 1 is 1.44 bits per heavy atom. The molecule has 3 heteroatoms. The van der Waals surface area contributed by atoms with Crippen LogP contribution in [-0.2, 0) is 0 Å².